The van der Waals surface area contributed by atoms with Gasteiger partial charge in [-0.25, -0.2) is 0 Å². The van der Waals surface area contributed by atoms with E-state index in [-0.39, 0.29) is 31.8 Å². The molecule has 0 spiro atoms. The Labute approximate surface area is 151 Å². The first kappa shape index (κ1) is 19.0. The number of amides is 1. The van der Waals surface area contributed by atoms with Crippen LogP contribution in [0.2, 0.25) is 0 Å². The van der Waals surface area contributed by atoms with Gasteiger partial charge in [0.05, 0.1) is 6.61 Å². The first-order chi connectivity index (χ1) is 12.6. The minimum atomic E-state index is -4.81. The van der Waals surface area contributed by atoms with Crippen molar-refractivity contribution in [1.82, 2.24) is 9.88 Å². The summed E-state index contributed by atoms with van der Waals surface area (Å²) in [5, 5.41) is 10.0. The van der Waals surface area contributed by atoms with Gasteiger partial charge in [0.15, 0.2) is 0 Å². The summed E-state index contributed by atoms with van der Waals surface area (Å²) in [6.45, 7) is 0.218. The molecule has 1 aromatic carbocycles. The van der Waals surface area contributed by atoms with Gasteiger partial charge in [-0.05, 0) is 24.6 Å². The number of hydrogen-bond acceptors (Lipinski definition) is 4. The highest BCUT2D eigenvalue weighted by molar-refractivity contribution is 5.98. The van der Waals surface area contributed by atoms with E-state index in [2.05, 4.69) is 9.72 Å². The van der Waals surface area contributed by atoms with Crippen LogP contribution in [0.3, 0.4) is 0 Å². The summed E-state index contributed by atoms with van der Waals surface area (Å²) in [7, 11) is 1.40. The normalized spacial score (nSPS) is 20.2. The van der Waals surface area contributed by atoms with Gasteiger partial charge in [-0.15, -0.1) is 13.2 Å². The van der Waals surface area contributed by atoms with Crippen molar-refractivity contribution >= 4 is 22.8 Å². The van der Waals surface area contributed by atoms with E-state index < -0.39 is 29.4 Å². The molecule has 2 heterocycles. The van der Waals surface area contributed by atoms with Gasteiger partial charge in [-0.2, -0.15) is 0 Å². The summed E-state index contributed by atoms with van der Waals surface area (Å²) in [6.07, 6.45) is -4.55. The molecule has 1 aliphatic rings. The van der Waals surface area contributed by atoms with Gasteiger partial charge in [0.2, 0.25) is 0 Å². The Bertz CT molecular complexity index is 879. The summed E-state index contributed by atoms with van der Waals surface area (Å²) >= 11 is 0. The smallest absolute Gasteiger partial charge is 0.481 e. The summed E-state index contributed by atoms with van der Waals surface area (Å²) in [4.78, 5) is 28.4. The number of methoxy groups -OCH3 is 1. The lowest BCUT2D eigenvalue weighted by molar-refractivity contribution is -0.274. The maximum atomic E-state index is 12.7. The number of aromatic amines is 1. The van der Waals surface area contributed by atoms with E-state index in [9.17, 15) is 27.9 Å². The third-order valence-electron chi connectivity index (χ3n) is 4.57. The standard InChI is InChI=1S/C17H17F3N2O5/c1-26-9-16(15(24)25)4-5-22(8-16)14(23)13-6-10-2-3-11(7-12(10)21-13)27-17(18,19)20/h2-3,6-7,21H,4-5,8-9H2,1H3,(H,24,25). The number of carboxylic acids is 1. The Morgan fingerprint density at radius 1 is 1.33 bits per heavy atom. The van der Waals surface area contributed by atoms with Crippen molar-refractivity contribution in [3.8, 4) is 5.75 Å². The molecule has 7 nitrogen and oxygen atoms in total. The van der Waals surface area contributed by atoms with Crippen molar-refractivity contribution in [2.75, 3.05) is 26.8 Å². The molecule has 1 saturated heterocycles. The molecule has 0 radical (unpaired) electrons. The van der Waals surface area contributed by atoms with Crippen molar-refractivity contribution in [2.45, 2.75) is 12.8 Å². The minimum absolute atomic E-state index is 0.00714. The van der Waals surface area contributed by atoms with Crippen LogP contribution < -0.4 is 4.74 Å². The lowest BCUT2D eigenvalue weighted by Crippen LogP contribution is -2.40. The molecule has 2 N–H and O–H groups in total. The van der Waals surface area contributed by atoms with E-state index in [4.69, 9.17) is 4.74 Å². The maximum Gasteiger partial charge on any atom is 0.573 e. The van der Waals surface area contributed by atoms with Gasteiger partial charge in [-0.3, -0.25) is 9.59 Å². The van der Waals surface area contributed by atoms with E-state index in [0.29, 0.717) is 10.9 Å². The molecule has 1 atom stereocenters. The second-order valence-electron chi connectivity index (χ2n) is 6.48. The molecule has 1 aromatic heterocycles. The average Bonchev–Trinajstić information content (AvgIpc) is 3.17. The second-order valence-corrected chi connectivity index (χ2v) is 6.48. The maximum absolute atomic E-state index is 12.7. The van der Waals surface area contributed by atoms with Gasteiger partial charge < -0.3 is 24.5 Å². The predicted molar refractivity (Wildman–Crippen MR) is 87.4 cm³/mol. The Hall–Kier alpha value is -2.75. The zero-order valence-corrected chi connectivity index (χ0v) is 14.3. The molecule has 2 aromatic rings. The summed E-state index contributed by atoms with van der Waals surface area (Å²) in [5.41, 5.74) is -0.696. The fourth-order valence-electron chi connectivity index (χ4n) is 3.27. The number of fused-ring (bicyclic) bond motifs is 1. The quantitative estimate of drug-likeness (QED) is 0.824. The molecule has 1 unspecified atom stereocenters. The number of halogens is 3. The van der Waals surface area contributed by atoms with Crippen LogP contribution in [0.15, 0.2) is 24.3 Å². The fraction of sp³-hybridized carbons (Fsp3) is 0.412. The highest BCUT2D eigenvalue weighted by Crippen LogP contribution is 2.33. The Kier molecular flexibility index (Phi) is 4.77. The zero-order chi connectivity index (χ0) is 19.8. The molecule has 0 bridgehead atoms. The lowest BCUT2D eigenvalue weighted by atomic mass is 9.88. The minimum Gasteiger partial charge on any atom is -0.481 e. The van der Waals surface area contributed by atoms with E-state index in [1.807, 2.05) is 0 Å². The number of ether oxygens (including phenoxy) is 2. The Morgan fingerprint density at radius 3 is 2.70 bits per heavy atom. The van der Waals surface area contributed by atoms with Crippen LogP contribution in [-0.4, -0.2) is 60.0 Å². The molecule has 1 amide bonds. The number of carboxylic acid groups (broad SMARTS) is 1. The Morgan fingerprint density at radius 2 is 2.07 bits per heavy atom. The van der Waals surface area contributed by atoms with Gasteiger partial charge in [0, 0.05) is 37.2 Å². The summed E-state index contributed by atoms with van der Waals surface area (Å²) in [5.74, 6) is -1.86. The number of likely N-dealkylation sites (tertiary alicyclic amines) is 1. The van der Waals surface area contributed by atoms with E-state index in [1.54, 1.807) is 0 Å². The molecule has 0 saturated carbocycles. The van der Waals surface area contributed by atoms with Crippen molar-refractivity contribution in [1.29, 1.82) is 0 Å². The number of carbonyl (C=O) groups excluding carboxylic acids is 1. The molecular formula is C17H17F3N2O5. The molecule has 27 heavy (non-hydrogen) atoms. The number of aromatic nitrogens is 1. The molecule has 146 valence electrons. The average molecular weight is 386 g/mol. The third kappa shape index (κ3) is 3.85. The van der Waals surface area contributed by atoms with Crippen LogP contribution >= 0.6 is 0 Å². The molecule has 0 aliphatic carbocycles. The van der Waals surface area contributed by atoms with Crippen molar-refractivity contribution in [2.24, 2.45) is 5.41 Å². The van der Waals surface area contributed by atoms with Gasteiger partial charge >= 0.3 is 12.3 Å². The number of H-pyrrole nitrogens is 1. The largest absolute Gasteiger partial charge is 0.573 e. The second kappa shape index (κ2) is 6.76. The van der Waals surface area contributed by atoms with Crippen LogP contribution in [0.25, 0.3) is 10.9 Å². The SMILES string of the molecule is COCC1(C(=O)O)CCN(C(=O)c2cc3ccc(OC(F)(F)F)cc3[nH]2)C1. The number of rotatable bonds is 5. The number of aliphatic carboxylic acids is 1. The first-order valence-corrected chi connectivity index (χ1v) is 8.04. The van der Waals surface area contributed by atoms with Crippen LogP contribution in [-0.2, 0) is 9.53 Å². The Balaban J connectivity index is 1.81. The van der Waals surface area contributed by atoms with Crippen molar-refractivity contribution in [3.05, 3.63) is 30.0 Å². The molecule has 3 rings (SSSR count). The molecular weight excluding hydrogens is 369 g/mol. The van der Waals surface area contributed by atoms with E-state index >= 15 is 0 Å². The lowest BCUT2D eigenvalue weighted by Gasteiger charge is -2.23. The molecule has 10 heteroatoms. The van der Waals surface area contributed by atoms with E-state index in [0.717, 1.165) is 12.1 Å². The number of benzene rings is 1. The van der Waals surface area contributed by atoms with Gasteiger partial charge in [-0.1, -0.05) is 0 Å². The third-order valence-corrected chi connectivity index (χ3v) is 4.57. The molecule has 1 fully saturated rings. The highest BCUT2D eigenvalue weighted by Gasteiger charge is 2.46. The molecule has 1 aliphatic heterocycles. The first-order valence-electron chi connectivity index (χ1n) is 8.04. The summed E-state index contributed by atoms with van der Waals surface area (Å²) < 4.78 is 45.8. The number of nitrogens with one attached hydrogen (secondary N) is 1. The monoisotopic (exact) mass is 386 g/mol. The van der Waals surface area contributed by atoms with Crippen LogP contribution in [0.1, 0.15) is 16.9 Å². The predicted octanol–water partition coefficient (Wildman–Crippen LogP) is 2.63. The van der Waals surface area contributed by atoms with Crippen molar-refractivity contribution in [3.63, 3.8) is 0 Å². The number of nitrogens with zero attached hydrogens (tertiary/aromatic N) is 1. The van der Waals surface area contributed by atoms with Crippen LogP contribution in [0.4, 0.5) is 13.2 Å². The van der Waals surface area contributed by atoms with Crippen molar-refractivity contribution < 1.29 is 37.3 Å². The number of alkyl halides is 3. The van der Waals surface area contributed by atoms with Gasteiger partial charge in [0.25, 0.3) is 5.91 Å². The fourth-order valence-corrected chi connectivity index (χ4v) is 3.27. The van der Waals surface area contributed by atoms with E-state index in [1.165, 1.54) is 24.1 Å². The summed E-state index contributed by atoms with van der Waals surface area (Å²) in [6, 6.07) is 5.21. The highest BCUT2D eigenvalue weighted by atomic mass is 19.4. The zero-order valence-electron chi connectivity index (χ0n) is 14.3. The van der Waals surface area contributed by atoms with Crippen LogP contribution in [0.5, 0.6) is 5.75 Å². The van der Waals surface area contributed by atoms with Gasteiger partial charge in [0.1, 0.15) is 16.9 Å². The topological polar surface area (TPSA) is 91.9 Å². The van der Waals surface area contributed by atoms with Crippen LogP contribution in [0, 0.1) is 5.41 Å². The number of hydrogen-bond donors (Lipinski definition) is 2. The number of carbonyl (C=O) groups is 2.